The number of rotatable bonds is 0. The lowest BCUT2D eigenvalue weighted by Gasteiger charge is -2.05. The van der Waals surface area contributed by atoms with Crippen LogP contribution in [-0.4, -0.2) is 4.98 Å². The molecule has 4 heteroatoms. The molecule has 0 amide bonds. The maximum atomic E-state index is 11.6. The summed E-state index contributed by atoms with van der Waals surface area (Å²) in [6.07, 6.45) is 0. The van der Waals surface area contributed by atoms with Crippen LogP contribution in [0.2, 0.25) is 0 Å². The summed E-state index contributed by atoms with van der Waals surface area (Å²) in [7, 11) is 0. The van der Waals surface area contributed by atoms with Crippen LogP contribution in [0.15, 0.2) is 41.2 Å². The first-order chi connectivity index (χ1) is 8.28. The molecule has 0 atom stereocenters. The summed E-state index contributed by atoms with van der Waals surface area (Å²) in [5, 5.41) is 8.82. The van der Waals surface area contributed by atoms with Crippen LogP contribution in [0.3, 0.4) is 0 Å². The first-order valence-corrected chi connectivity index (χ1v) is 5.83. The fourth-order valence-corrected chi connectivity index (χ4v) is 2.67. The average molecular weight is 238 g/mol. The lowest BCUT2D eigenvalue weighted by molar-refractivity contribution is 1.38. The van der Waals surface area contributed by atoms with Gasteiger partial charge >= 0.3 is 0 Å². The lowest BCUT2D eigenvalue weighted by atomic mass is 10.1. The standard InChI is InChI=1S/C13H6N2OS/c14-7-8-5-10-13(6-11(8)16)17-12-4-2-1-3-9(12)15-10/h1-6H. The highest BCUT2D eigenvalue weighted by Gasteiger charge is 2.10. The topological polar surface area (TPSA) is 53.8 Å². The van der Waals surface area contributed by atoms with Crippen molar-refractivity contribution in [2.75, 3.05) is 0 Å². The molecule has 1 aliphatic carbocycles. The lowest BCUT2D eigenvalue weighted by Crippen LogP contribution is -2.05. The minimum atomic E-state index is -0.242. The molecule has 2 aliphatic rings. The zero-order valence-corrected chi connectivity index (χ0v) is 9.49. The minimum absolute atomic E-state index is 0.146. The summed E-state index contributed by atoms with van der Waals surface area (Å²) >= 11 is 1.51. The second kappa shape index (κ2) is 3.65. The first kappa shape index (κ1) is 9.94. The zero-order valence-electron chi connectivity index (χ0n) is 8.68. The third kappa shape index (κ3) is 1.57. The van der Waals surface area contributed by atoms with Gasteiger partial charge in [0.05, 0.1) is 20.8 Å². The summed E-state index contributed by atoms with van der Waals surface area (Å²) in [6.45, 7) is 0. The van der Waals surface area contributed by atoms with Gasteiger partial charge in [-0.2, -0.15) is 5.26 Å². The van der Waals surface area contributed by atoms with Gasteiger partial charge in [-0.1, -0.05) is 12.1 Å². The van der Waals surface area contributed by atoms with E-state index in [0.717, 1.165) is 15.1 Å². The van der Waals surface area contributed by atoms with Crippen LogP contribution in [0, 0.1) is 11.3 Å². The van der Waals surface area contributed by atoms with Gasteiger partial charge in [0, 0.05) is 6.07 Å². The van der Waals surface area contributed by atoms with Gasteiger partial charge in [-0.05, 0) is 18.2 Å². The van der Waals surface area contributed by atoms with E-state index in [-0.39, 0.29) is 11.0 Å². The number of para-hydroxylation sites is 1. The Balaban J connectivity index is 2.46. The Morgan fingerprint density at radius 2 is 2.06 bits per heavy atom. The van der Waals surface area contributed by atoms with Crippen LogP contribution in [0.4, 0.5) is 0 Å². The molecule has 0 N–H and O–H groups in total. The van der Waals surface area contributed by atoms with Crippen molar-refractivity contribution in [3.8, 4) is 16.6 Å². The van der Waals surface area contributed by atoms with E-state index < -0.39 is 0 Å². The Morgan fingerprint density at radius 3 is 2.88 bits per heavy atom. The van der Waals surface area contributed by atoms with Gasteiger partial charge in [0.1, 0.15) is 11.6 Å². The normalized spacial score (nSPS) is 10.5. The van der Waals surface area contributed by atoms with E-state index in [1.807, 2.05) is 30.3 Å². The molecule has 0 radical (unpaired) electrons. The number of hydrogen-bond donors (Lipinski definition) is 0. The van der Waals surface area contributed by atoms with E-state index in [4.69, 9.17) is 5.26 Å². The molecule has 1 aliphatic heterocycles. The number of aromatic nitrogens is 1. The van der Waals surface area contributed by atoms with E-state index in [1.165, 1.54) is 17.4 Å². The third-order valence-corrected chi connectivity index (χ3v) is 3.62. The van der Waals surface area contributed by atoms with Crippen molar-refractivity contribution in [2.45, 2.75) is 0 Å². The monoisotopic (exact) mass is 238 g/mol. The highest BCUT2D eigenvalue weighted by molar-refractivity contribution is 7.21. The molecule has 17 heavy (non-hydrogen) atoms. The van der Waals surface area contributed by atoms with E-state index in [9.17, 15) is 4.79 Å². The maximum Gasteiger partial charge on any atom is 0.197 e. The summed E-state index contributed by atoms with van der Waals surface area (Å²) in [5.74, 6) is 0. The molecule has 1 aromatic rings. The van der Waals surface area contributed by atoms with Crippen LogP contribution in [-0.2, 0) is 0 Å². The Morgan fingerprint density at radius 1 is 1.24 bits per heavy atom. The molecule has 0 saturated carbocycles. The fourth-order valence-electron chi connectivity index (χ4n) is 1.69. The van der Waals surface area contributed by atoms with Crippen molar-refractivity contribution in [3.63, 3.8) is 0 Å². The molecule has 3 nitrogen and oxygen atoms in total. The minimum Gasteiger partial charge on any atom is -0.288 e. The van der Waals surface area contributed by atoms with E-state index >= 15 is 0 Å². The second-order valence-electron chi connectivity index (χ2n) is 3.61. The Hall–Kier alpha value is -2.25. The van der Waals surface area contributed by atoms with Gasteiger partial charge in [0.25, 0.3) is 0 Å². The molecule has 0 saturated heterocycles. The fraction of sp³-hybridized carbons (Fsp3) is 0. The molecule has 1 aromatic carbocycles. The predicted molar refractivity (Wildman–Crippen MR) is 67.2 cm³/mol. The summed E-state index contributed by atoms with van der Waals surface area (Å²) in [5.41, 5.74) is 1.48. The molecule has 80 valence electrons. The van der Waals surface area contributed by atoms with Crippen LogP contribution < -0.4 is 5.43 Å². The van der Waals surface area contributed by atoms with Gasteiger partial charge in [0.15, 0.2) is 5.43 Å². The summed E-state index contributed by atoms with van der Waals surface area (Å²) in [6, 6.07) is 12.7. The van der Waals surface area contributed by atoms with Crippen molar-refractivity contribution >= 4 is 21.6 Å². The van der Waals surface area contributed by atoms with Crippen molar-refractivity contribution < 1.29 is 0 Å². The number of hydrogen-bond acceptors (Lipinski definition) is 4. The molecule has 3 rings (SSSR count). The molecule has 0 unspecified atom stereocenters. The highest BCUT2D eigenvalue weighted by Crippen LogP contribution is 2.29. The zero-order chi connectivity index (χ0) is 11.8. The molecular formula is C13H6N2OS. The maximum absolute atomic E-state index is 11.6. The SMILES string of the molecule is N#Cc1cc2nc3ccccc3sc-2cc1=O. The number of nitrogens with zero attached hydrogens (tertiary/aromatic N) is 2. The number of nitriles is 1. The molecule has 0 spiro atoms. The Kier molecular flexibility index (Phi) is 2.13. The van der Waals surface area contributed by atoms with Crippen molar-refractivity contribution in [1.29, 1.82) is 5.26 Å². The largest absolute Gasteiger partial charge is 0.288 e. The number of benzene rings is 2. The Labute approximate surface area is 101 Å². The summed E-state index contributed by atoms with van der Waals surface area (Å²) < 4.78 is 1.03. The predicted octanol–water partition coefficient (Wildman–Crippen LogP) is 2.63. The first-order valence-electron chi connectivity index (χ1n) is 5.02. The van der Waals surface area contributed by atoms with Crippen molar-refractivity contribution in [2.24, 2.45) is 0 Å². The van der Waals surface area contributed by atoms with Gasteiger partial charge < -0.3 is 0 Å². The second-order valence-corrected chi connectivity index (χ2v) is 4.69. The molecule has 0 aromatic heterocycles. The van der Waals surface area contributed by atoms with Crippen molar-refractivity contribution in [1.82, 2.24) is 4.98 Å². The smallest absolute Gasteiger partial charge is 0.197 e. The van der Waals surface area contributed by atoms with Gasteiger partial charge in [0.2, 0.25) is 0 Å². The van der Waals surface area contributed by atoms with Crippen LogP contribution in [0.25, 0.3) is 20.8 Å². The molecule has 1 heterocycles. The van der Waals surface area contributed by atoms with E-state index in [1.54, 1.807) is 6.07 Å². The van der Waals surface area contributed by atoms with Crippen LogP contribution in [0.5, 0.6) is 0 Å². The Bertz CT molecular complexity index is 785. The molecule has 0 bridgehead atoms. The van der Waals surface area contributed by atoms with Gasteiger partial charge in [-0.15, -0.1) is 11.3 Å². The highest BCUT2D eigenvalue weighted by atomic mass is 32.1. The van der Waals surface area contributed by atoms with Crippen LogP contribution >= 0.6 is 11.3 Å². The average Bonchev–Trinajstić information content (AvgIpc) is 2.35. The van der Waals surface area contributed by atoms with E-state index in [0.29, 0.717) is 5.69 Å². The quantitative estimate of drug-likeness (QED) is 0.566. The van der Waals surface area contributed by atoms with E-state index in [2.05, 4.69) is 4.98 Å². The molecule has 0 fully saturated rings. The molecular weight excluding hydrogens is 232 g/mol. The third-order valence-electron chi connectivity index (χ3n) is 2.51. The van der Waals surface area contributed by atoms with Gasteiger partial charge in [-0.25, -0.2) is 4.98 Å². The van der Waals surface area contributed by atoms with Gasteiger partial charge in [-0.3, -0.25) is 4.79 Å². The number of fused-ring (bicyclic) bond motifs is 2. The summed E-state index contributed by atoms with van der Waals surface area (Å²) in [4.78, 5) is 16.8. The van der Waals surface area contributed by atoms with Crippen LogP contribution in [0.1, 0.15) is 5.56 Å². The van der Waals surface area contributed by atoms with Crippen molar-refractivity contribution in [3.05, 3.63) is 52.2 Å².